The molecule has 4 heteroatoms. The molecule has 0 aliphatic heterocycles. The van der Waals surface area contributed by atoms with Crippen LogP contribution in [-0.2, 0) is 24.5 Å². The van der Waals surface area contributed by atoms with Gasteiger partial charge in [0.05, 0.1) is 20.0 Å². The van der Waals surface area contributed by atoms with Crippen molar-refractivity contribution in [1.82, 2.24) is 5.32 Å². The van der Waals surface area contributed by atoms with Crippen LogP contribution in [-0.4, -0.2) is 14.2 Å². The predicted octanol–water partition coefficient (Wildman–Crippen LogP) is 2.72. The summed E-state index contributed by atoms with van der Waals surface area (Å²) in [5.74, 6) is 1.72. The Hall–Kier alpha value is -1.78. The van der Waals surface area contributed by atoms with Crippen LogP contribution in [0.15, 0.2) is 41.0 Å². The van der Waals surface area contributed by atoms with E-state index in [0.717, 1.165) is 29.2 Å². The van der Waals surface area contributed by atoms with Crippen molar-refractivity contribution in [3.63, 3.8) is 0 Å². The molecular formula is C15H19NO3. The summed E-state index contributed by atoms with van der Waals surface area (Å²) < 4.78 is 16.3. The fourth-order valence-corrected chi connectivity index (χ4v) is 1.87. The molecule has 0 spiro atoms. The fraction of sp³-hybridized carbons (Fsp3) is 0.333. The van der Waals surface area contributed by atoms with Crippen molar-refractivity contribution in [3.8, 4) is 5.75 Å². The van der Waals surface area contributed by atoms with Gasteiger partial charge in [0.1, 0.15) is 18.1 Å². The maximum Gasteiger partial charge on any atom is 0.133 e. The zero-order valence-electron chi connectivity index (χ0n) is 11.3. The first-order chi connectivity index (χ1) is 9.33. The van der Waals surface area contributed by atoms with Crippen LogP contribution in [0.4, 0.5) is 0 Å². The molecule has 0 aliphatic rings. The fourth-order valence-electron chi connectivity index (χ4n) is 1.87. The predicted molar refractivity (Wildman–Crippen MR) is 73.0 cm³/mol. The second kappa shape index (κ2) is 6.97. The van der Waals surface area contributed by atoms with E-state index in [1.807, 2.05) is 37.4 Å². The Balaban J connectivity index is 1.87. The number of nitrogens with one attached hydrogen (secondary N) is 1. The normalized spacial score (nSPS) is 10.6. The maximum atomic E-state index is 5.67. The molecule has 0 amide bonds. The minimum Gasteiger partial charge on any atom is -0.497 e. The van der Waals surface area contributed by atoms with Crippen LogP contribution in [0.25, 0.3) is 0 Å². The average molecular weight is 261 g/mol. The van der Waals surface area contributed by atoms with Crippen molar-refractivity contribution in [2.75, 3.05) is 14.2 Å². The van der Waals surface area contributed by atoms with Crippen LogP contribution >= 0.6 is 0 Å². The largest absolute Gasteiger partial charge is 0.497 e. The summed E-state index contributed by atoms with van der Waals surface area (Å²) in [5, 5.41) is 3.10. The molecule has 2 aromatic rings. The van der Waals surface area contributed by atoms with Gasteiger partial charge in [-0.05, 0) is 30.8 Å². The van der Waals surface area contributed by atoms with Gasteiger partial charge in [-0.15, -0.1) is 0 Å². The summed E-state index contributed by atoms with van der Waals surface area (Å²) in [5.41, 5.74) is 2.22. The van der Waals surface area contributed by atoms with E-state index >= 15 is 0 Å². The smallest absolute Gasteiger partial charge is 0.133 e. The molecule has 0 saturated heterocycles. The highest BCUT2D eigenvalue weighted by Gasteiger charge is 2.05. The van der Waals surface area contributed by atoms with E-state index in [1.165, 1.54) is 0 Å². The molecule has 0 radical (unpaired) electrons. The van der Waals surface area contributed by atoms with Crippen molar-refractivity contribution < 1.29 is 13.9 Å². The molecule has 0 saturated carbocycles. The maximum absolute atomic E-state index is 5.67. The second-order valence-electron chi connectivity index (χ2n) is 4.24. The topological polar surface area (TPSA) is 43.6 Å². The van der Waals surface area contributed by atoms with Gasteiger partial charge in [-0.25, -0.2) is 0 Å². The van der Waals surface area contributed by atoms with E-state index in [4.69, 9.17) is 13.9 Å². The molecule has 1 N–H and O–H groups in total. The van der Waals surface area contributed by atoms with Crippen LogP contribution < -0.4 is 10.1 Å². The van der Waals surface area contributed by atoms with Gasteiger partial charge in [-0.2, -0.15) is 0 Å². The van der Waals surface area contributed by atoms with Crippen molar-refractivity contribution in [2.24, 2.45) is 0 Å². The second-order valence-corrected chi connectivity index (χ2v) is 4.24. The Morgan fingerprint density at radius 1 is 1.21 bits per heavy atom. The molecule has 1 heterocycles. The number of ether oxygens (including phenoxy) is 2. The minimum absolute atomic E-state index is 0.473. The first kappa shape index (κ1) is 13.6. The molecule has 0 unspecified atom stereocenters. The number of hydrogen-bond donors (Lipinski definition) is 1. The summed E-state index contributed by atoms with van der Waals surface area (Å²) in [6.07, 6.45) is 1.69. The van der Waals surface area contributed by atoms with Crippen molar-refractivity contribution in [1.29, 1.82) is 0 Å². The Morgan fingerprint density at radius 2 is 2.11 bits per heavy atom. The summed E-state index contributed by atoms with van der Waals surface area (Å²) in [4.78, 5) is 0. The highest BCUT2D eigenvalue weighted by molar-refractivity contribution is 5.27. The van der Waals surface area contributed by atoms with Gasteiger partial charge in [0.15, 0.2) is 0 Å². The summed E-state index contributed by atoms with van der Waals surface area (Å²) >= 11 is 0. The van der Waals surface area contributed by atoms with Crippen LogP contribution in [0.1, 0.15) is 16.9 Å². The van der Waals surface area contributed by atoms with Crippen LogP contribution in [0.5, 0.6) is 5.75 Å². The first-order valence-corrected chi connectivity index (χ1v) is 6.24. The van der Waals surface area contributed by atoms with Crippen molar-refractivity contribution in [2.45, 2.75) is 19.8 Å². The molecule has 0 aliphatic carbocycles. The number of furan rings is 1. The van der Waals surface area contributed by atoms with Gasteiger partial charge < -0.3 is 19.2 Å². The average Bonchev–Trinajstić information content (AvgIpc) is 2.87. The molecule has 19 heavy (non-hydrogen) atoms. The third-order valence-corrected chi connectivity index (χ3v) is 2.84. The lowest BCUT2D eigenvalue weighted by molar-refractivity contribution is 0.0920. The standard InChI is InChI=1S/C15H19NO3/c1-16-9-13-6-7-19-15(13)11-18-10-12-4-3-5-14(8-12)17-2/h3-8,16H,9-11H2,1-2H3. The molecule has 2 rings (SSSR count). The Bertz CT molecular complexity index is 508. The van der Waals surface area contributed by atoms with Crippen molar-refractivity contribution in [3.05, 3.63) is 53.5 Å². The van der Waals surface area contributed by atoms with E-state index in [9.17, 15) is 0 Å². The van der Waals surface area contributed by atoms with Gasteiger partial charge >= 0.3 is 0 Å². The summed E-state index contributed by atoms with van der Waals surface area (Å²) in [6, 6.07) is 9.81. The Kier molecular flexibility index (Phi) is 5.01. The highest BCUT2D eigenvalue weighted by atomic mass is 16.5. The lowest BCUT2D eigenvalue weighted by atomic mass is 10.2. The van der Waals surface area contributed by atoms with Crippen LogP contribution in [0, 0.1) is 0 Å². The molecule has 0 fully saturated rings. The zero-order valence-corrected chi connectivity index (χ0v) is 11.3. The van der Waals surface area contributed by atoms with E-state index < -0.39 is 0 Å². The SMILES string of the molecule is CNCc1ccoc1COCc1cccc(OC)c1. The number of benzene rings is 1. The molecule has 102 valence electrons. The Labute approximate surface area is 113 Å². The lowest BCUT2D eigenvalue weighted by Crippen LogP contribution is -2.06. The third-order valence-electron chi connectivity index (χ3n) is 2.84. The number of methoxy groups -OCH3 is 1. The van der Waals surface area contributed by atoms with E-state index in [2.05, 4.69) is 5.32 Å². The van der Waals surface area contributed by atoms with Crippen molar-refractivity contribution >= 4 is 0 Å². The summed E-state index contributed by atoms with van der Waals surface area (Å²) in [6.45, 7) is 1.80. The van der Waals surface area contributed by atoms with Crippen LogP contribution in [0.2, 0.25) is 0 Å². The summed E-state index contributed by atoms with van der Waals surface area (Å²) in [7, 11) is 3.57. The van der Waals surface area contributed by atoms with Crippen LogP contribution in [0.3, 0.4) is 0 Å². The zero-order chi connectivity index (χ0) is 13.5. The minimum atomic E-state index is 0.473. The van der Waals surface area contributed by atoms with E-state index in [0.29, 0.717) is 13.2 Å². The van der Waals surface area contributed by atoms with Gasteiger partial charge in [0.2, 0.25) is 0 Å². The third kappa shape index (κ3) is 3.84. The van der Waals surface area contributed by atoms with E-state index in [1.54, 1.807) is 13.4 Å². The monoisotopic (exact) mass is 261 g/mol. The molecular weight excluding hydrogens is 242 g/mol. The van der Waals surface area contributed by atoms with Gasteiger partial charge in [-0.3, -0.25) is 0 Å². The van der Waals surface area contributed by atoms with E-state index in [-0.39, 0.29) is 0 Å². The van der Waals surface area contributed by atoms with Gasteiger partial charge in [0.25, 0.3) is 0 Å². The highest BCUT2D eigenvalue weighted by Crippen LogP contribution is 2.15. The molecule has 0 bridgehead atoms. The lowest BCUT2D eigenvalue weighted by Gasteiger charge is -2.06. The number of rotatable bonds is 7. The molecule has 4 nitrogen and oxygen atoms in total. The molecule has 1 aromatic heterocycles. The molecule has 1 aromatic carbocycles. The Morgan fingerprint density at radius 3 is 2.89 bits per heavy atom. The molecule has 0 atom stereocenters. The quantitative estimate of drug-likeness (QED) is 0.832. The van der Waals surface area contributed by atoms with Gasteiger partial charge in [0, 0.05) is 12.1 Å². The number of hydrogen-bond acceptors (Lipinski definition) is 4. The first-order valence-electron chi connectivity index (χ1n) is 6.24. The van der Waals surface area contributed by atoms with Gasteiger partial charge in [-0.1, -0.05) is 12.1 Å².